The van der Waals surface area contributed by atoms with Gasteiger partial charge in [0.05, 0.1) is 162 Å². The number of aromatic nitrogens is 12. The van der Waals surface area contributed by atoms with Gasteiger partial charge in [0.1, 0.15) is 39.6 Å². The molecule has 0 aromatic carbocycles. The highest BCUT2D eigenvalue weighted by molar-refractivity contribution is 5.79. The van der Waals surface area contributed by atoms with E-state index in [0.717, 1.165) is 0 Å². The first-order chi connectivity index (χ1) is 41.9. The zero-order chi connectivity index (χ0) is 65.7. The van der Waals surface area contributed by atoms with Crippen LogP contribution in [-0.2, 0) is 127 Å². The SMILES string of the molecule is CC(C)(C)OCCOC(=O)CCc1cn(C(C)(C(=O)OCCOCCOCCOCCOC(=O)C(C)(n2cc(CCC(=O)OCCOC(C)(C)C)nn2)n2cc(CCC(=O)OCCOC(C)(C)C)nn2)n2cc(CCC(=O)OCCOC(C)(C)C)nn2)nn1. The van der Waals surface area contributed by atoms with E-state index < -0.39 is 47.1 Å². The van der Waals surface area contributed by atoms with Crippen molar-refractivity contribution in [3.8, 4) is 0 Å². The fourth-order valence-electron chi connectivity index (χ4n) is 7.51. The molecule has 4 aromatic rings. The minimum absolute atomic E-state index is 0.000482. The maximum absolute atomic E-state index is 14.0. The molecule has 0 spiro atoms. The van der Waals surface area contributed by atoms with Crippen LogP contribution in [0.1, 0.15) is 145 Å². The number of hydrogen-bond donors (Lipinski definition) is 0. The molecule has 4 rings (SSSR count). The lowest BCUT2D eigenvalue weighted by molar-refractivity contribution is -0.159. The van der Waals surface area contributed by atoms with E-state index in [1.165, 1.54) is 57.4 Å². The Hall–Kier alpha value is -6.90. The Balaban J connectivity index is 1.25. The number of carbonyl (C=O) groups excluding carboxylic acids is 6. The van der Waals surface area contributed by atoms with E-state index in [1.54, 1.807) is 0 Å². The molecule has 0 aliphatic carbocycles. The van der Waals surface area contributed by atoms with E-state index in [4.69, 9.17) is 61.6 Å². The van der Waals surface area contributed by atoms with Crippen LogP contribution in [0.4, 0.5) is 0 Å². The molecule has 0 radical (unpaired) electrons. The van der Waals surface area contributed by atoms with Gasteiger partial charge in [-0.3, -0.25) is 19.2 Å². The van der Waals surface area contributed by atoms with Gasteiger partial charge >= 0.3 is 35.8 Å². The van der Waals surface area contributed by atoms with Crippen molar-refractivity contribution in [2.75, 3.05) is 106 Å². The van der Waals surface area contributed by atoms with Crippen LogP contribution in [-0.4, -0.2) is 224 Å². The van der Waals surface area contributed by atoms with Crippen LogP contribution in [0.2, 0.25) is 0 Å². The first kappa shape index (κ1) is 74.6. The summed E-state index contributed by atoms with van der Waals surface area (Å²) < 4.78 is 76.9. The van der Waals surface area contributed by atoms with E-state index in [9.17, 15) is 28.8 Å². The van der Waals surface area contributed by atoms with Crippen LogP contribution >= 0.6 is 0 Å². The minimum Gasteiger partial charge on any atom is -0.463 e. The van der Waals surface area contributed by atoms with Crippen molar-refractivity contribution in [1.82, 2.24) is 60.0 Å². The lowest BCUT2D eigenvalue weighted by atomic mass is 10.2. The third kappa shape index (κ3) is 28.6. The molecule has 4 aromatic heterocycles. The van der Waals surface area contributed by atoms with E-state index in [-0.39, 0.29) is 179 Å². The Labute approximate surface area is 519 Å². The lowest BCUT2D eigenvalue weighted by Gasteiger charge is -2.27. The first-order valence-corrected chi connectivity index (χ1v) is 29.8. The highest BCUT2D eigenvalue weighted by Gasteiger charge is 2.44. The van der Waals surface area contributed by atoms with Crippen molar-refractivity contribution in [3.05, 3.63) is 47.6 Å². The first-order valence-electron chi connectivity index (χ1n) is 29.8. The molecule has 500 valence electrons. The highest BCUT2D eigenvalue weighted by Crippen LogP contribution is 2.23. The van der Waals surface area contributed by atoms with Crippen LogP contribution in [0.25, 0.3) is 0 Å². The minimum atomic E-state index is -1.76. The summed E-state index contributed by atoms with van der Waals surface area (Å²) in [7, 11) is 0. The Morgan fingerprint density at radius 2 is 0.506 bits per heavy atom. The van der Waals surface area contributed by atoms with Gasteiger partial charge in [-0.15, -0.1) is 20.4 Å². The molecule has 0 aliphatic rings. The number of nitrogens with zero attached hydrogens (tertiary/aromatic N) is 12. The van der Waals surface area contributed by atoms with Gasteiger partial charge in [-0.2, -0.15) is 0 Å². The molecule has 0 bridgehead atoms. The fraction of sp³-hybridized carbons (Fsp3) is 0.759. The third-order valence-corrected chi connectivity index (χ3v) is 12.3. The Bertz CT molecular complexity index is 2450. The van der Waals surface area contributed by atoms with Gasteiger partial charge in [0, 0.05) is 25.7 Å². The predicted molar refractivity (Wildman–Crippen MR) is 312 cm³/mol. The molecule has 4 heterocycles. The molecule has 0 unspecified atom stereocenters. The van der Waals surface area contributed by atoms with E-state index in [2.05, 4.69) is 41.2 Å². The molecule has 0 saturated carbocycles. The summed E-state index contributed by atoms with van der Waals surface area (Å²) in [6.45, 7) is 27.5. The van der Waals surface area contributed by atoms with Crippen molar-refractivity contribution in [2.24, 2.45) is 0 Å². The van der Waals surface area contributed by atoms with Crippen molar-refractivity contribution < 1.29 is 90.3 Å². The van der Waals surface area contributed by atoms with E-state index >= 15 is 0 Å². The van der Waals surface area contributed by atoms with E-state index in [1.807, 2.05) is 83.1 Å². The summed E-state index contributed by atoms with van der Waals surface area (Å²) >= 11 is 0. The van der Waals surface area contributed by atoms with Crippen molar-refractivity contribution in [3.63, 3.8) is 0 Å². The average molecular weight is 1260 g/mol. The summed E-state index contributed by atoms with van der Waals surface area (Å²) in [6.07, 6.45) is 6.61. The van der Waals surface area contributed by atoms with E-state index in [0.29, 0.717) is 22.8 Å². The zero-order valence-corrected chi connectivity index (χ0v) is 54.4. The van der Waals surface area contributed by atoms with Crippen molar-refractivity contribution in [2.45, 2.75) is 182 Å². The maximum Gasteiger partial charge on any atom is 0.356 e. The van der Waals surface area contributed by atoms with Crippen LogP contribution in [0.3, 0.4) is 0 Å². The van der Waals surface area contributed by atoms with Crippen molar-refractivity contribution in [1.29, 1.82) is 0 Å². The van der Waals surface area contributed by atoms with Crippen molar-refractivity contribution >= 4 is 35.8 Å². The van der Waals surface area contributed by atoms with Crippen LogP contribution in [0, 0.1) is 0 Å². The molecule has 0 amide bonds. The van der Waals surface area contributed by atoms with Gasteiger partial charge in [-0.1, -0.05) is 20.9 Å². The summed E-state index contributed by atoms with van der Waals surface area (Å²) in [5, 5.41) is 33.6. The topological polar surface area (TPSA) is 345 Å². The largest absolute Gasteiger partial charge is 0.463 e. The molecule has 89 heavy (non-hydrogen) atoms. The smallest absolute Gasteiger partial charge is 0.356 e. The fourth-order valence-corrected chi connectivity index (χ4v) is 7.51. The second kappa shape index (κ2) is 36.1. The third-order valence-electron chi connectivity index (χ3n) is 12.3. The summed E-state index contributed by atoms with van der Waals surface area (Å²) in [5.41, 5.74) is -3.47. The number of rotatable bonds is 42. The maximum atomic E-state index is 14.0. The molecular weight excluding hydrogens is 1170 g/mol. The van der Waals surface area contributed by atoms with Crippen LogP contribution in [0.5, 0.6) is 0 Å². The summed E-state index contributed by atoms with van der Waals surface area (Å²) in [5.74, 6) is -3.41. The van der Waals surface area contributed by atoms with Gasteiger partial charge in [0.2, 0.25) is 0 Å². The van der Waals surface area contributed by atoms with Gasteiger partial charge in [-0.05, 0) is 96.9 Å². The number of carbonyl (C=O) groups is 6. The summed E-state index contributed by atoms with van der Waals surface area (Å²) in [6, 6.07) is 0. The Morgan fingerprint density at radius 1 is 0.303 bits per heavy atom. The van der Waals surface area contributed by atoms with Gasteiger partial charge in [0.25, 0.3) is 11.3 Å². The highest BCUT2D eigenvalue weighted by atomic mass is 16.6. The number of ether oxygens (including phenoxy) is 13. The molecule has 0 saturated heterocycles. The molecule has 0 N–H and O–H groups in total. The van der Waals surface area contributed by atoms with Gasteiger partial charge < -0.3 is 61.6 Å². The standard InChI is InChI=1S/C58H94N12O19/c1-53(2,3)86-35-31-80-47(71)19-15-43-39-67(63-59-43)57(13,68-40-44(60-64-68)16-20-48(72)81-32-36-87-54(4,5)6)51(75)84-29-27-78-25-23-77-24-26-79-28-30-85-52(76)58(14,69-41-45(61-65-69)17-21-49(73)82-33-37-88-55(7,8)9)70-42-46(62-66-70)18-22-50(74)83-34-38-89-56(10,11)12/h39-42H,15-38H2,1-14H3. The number of aryl methyl sites for hydroxylation is 4. The van der Waals surface area contributed by atoms with Crippen LogP contribution in [0.15, 0.2) is 24.8 Å². The second-order valence-corrected chi connectivity index (χ2v) is 24.5. The Morgan fingerprint density at radius 3 is 0.719 bits per heavy atom. The normalized spacial score (nSPS) is 12.5. The van der Waals surface area contributed by atoms with Gasteiger partial charge in [-0.25, -0.2) is 28.3 Å². The number of hydrogen-bond acceptors (Lipinski definition) is 27. The molecule has 31 heteroatoms. The summed E-state index contributed by atoms with van der Waals surface area (Å²) in [4.78, 5) is 77.9. The monoisotopic (exact) mass is 1260 g/mol. The molecule has 0 atom stereocenters. The van der Waals surface area contributed by atoms with Gasteiger partial charge in [0.15, 0.2) is 0 Å². The average Bonchev–Trinajstić information content (AvgIpc) is 1.74. The van der Waals surface area contributed by atoms with Crippen LogP contribution < -0.4 is 0 Å². The number of esters is 6. The molecule has 0 aliphatic heterocycles. The zero-order valence-electron chi connectivity index (χ0n) is 54.4. The lowest BCUT2D eigenvalue weighted by Crippen LogP contribution is -2.48. The predicted octanol–water partition coefficient (Wildman–Crippen LogP) is 3.49. The molecular formula is C58H94N12O19. The molecule has 31 nitrogen and oxygen atoms in total. The quantitative estimate of drug-likeness (QED) is 0.0348. The second-order valence-electron chi connectivity index (χ2n) is 24.5. The Kier molecular flexibility index (Phi) is 30.2. The molecule has 0 fully saturated rings.